The molecule has 1 amide bonds. The molecule has 0 unspecified atom stereocenters. The number of halogens is 4. The van der Waals surface area contributed by atoms with E-state index in [-0.39, 0.29) is 24.3 Å². The van der Waals surface area contributed by atoms with Crippen molar-refractivity contribution in [3.63, 3.8) is 0 Å². The molecule has 0 spiro atoms. The molecule has 0 aromatic heterocycles. The van der Waals surface area contributed by atoms with Crippen LogP contribution in [0.15, 0.2) is 30.3 Å². The number of likely N-dealkylation sites (tertiary alicyclic amines) is 1. The van der Waals surface area contributed by atoms with Gasteiger partial charge in [-0.05, 0) is 78.9 Å². The van der Waals surface area contributed by atoms with E-state index in [2.05, 4.69) is 10.6 Å². The molecule has 1 heterocycles. The molecule has 9 heteroatoms. The minimum absolute atomic E-state index is 0.0718. The van der Waals surface area contributed by atoms with Crippen LogP contribution >= 0.6 is 22.6 Å². The van der Waals surface area contributed by atoms with Crippen LogP contribution in [0.5, 0.6) is 0 Å². The van der Waals surface area contributed by atoms with Gasteiger partial charge >= 0.3 is 0 Å². The summed E-state index contributed by atoms with van der Waals surface area (Å²) >= 11 is 1.93. The maximum absolute atomic E-state index is 14.5. The average molecular weight is 533 g/mol. The number of nitrogens with one attached hydrogen (secondary N) is 2. The number of benzene rings is 2. The van der Waals surface area contributed by atoms with Gasteiger partial charge in [-0.1, -0.05) is 6.92 Å². The number of carbonyl (C=O) groups excluding carboxylic acids is 1. The van der Waals surface area contributed by atoms with Crippen molar-refractivity contribution in [1.29, 1.82) is 0 Å². The van der Waals surface area contributed by atoms with Crippen molar-refractivity contribution in [2.24, 2.45) is 0 Å². The van der Waals surface area contributed by atoms with Gasteiger partial charge in [-0.2, -0.15) is 0 Å². The molecule has 2 aromatic carbocycles. The Hall–Kier alpha value is -1.85. The number of β-amino-alcohol motifs (C(OH)–C–C–N with tert-alkyl or cyclic N) is 1. The highest BCUT2D eigenvalue weighted by Gasteiger charge is 2.43. The Bertz CT molecular complexity index is 936. The van der Waals surface area contributed by atoms with Gasteiger partial charge in [-0.25, -0.2) is 13.2 Å². The van der Waals surface area contributed by atoms with Crippen LogP contribution in [0.2, 0.25) is 0 Å². The predicted molar refractivity (Wildman–Crippen MR) is 117 cm³/mol. The standard InChI is InChI=1S/C21H23F3IN3O2/c1-2-26-9-3-8-21(30)11-28(12-21)20(29)14-5-6-15(22)18(24)19(14)27-17-7-4-13(25)10-16(17)23/h4-7,10,26-27,30H,2-3,8-9,11-12H2,1H3. The van der Waals surface area contributed by atoms with Crippen molar-refractivity contribution in [3.05, 3.63) is 56.9 Å². The van der Waals surface area contributed by atoms with Crippen molar-refractivity contribution in [2.75, 3.05) is 31.5 Å². The smallest absolute Gasteiger partial charge is 0.256 e. The summed E-state index contributed by atoms with van der Waals surface area (Å²) in [6.45, 7) is 3.82. The number of nitrogens with zero attached hydrogens (tertiary/aromatic N) is 1. The Labute approximate surface area is 186 Å². The zero-order valence-electron chi connectivity index (χ0n) is 16.4. The summed E-state index contributed by atoms with van der Waals surface area (Å²) in [6.07, 6.45) is 1.29. The maximum Gasteiger partial charge on any atom is 0.256 e. The van der Waals surface area contributed by atoms with Gasteiger partial charge in [0.15, 0.2) is 11.6 Å². The first-order valence-electron chi connectivity index (χ1n) is 9.66. The Balaban J connectivity index is 1.76. The van der Waals surface area contributed by atoms with Crippen LogP contribution in [0.4, 0.5) is 24.5 Å². The average Bonchev–Trinajstić information content (AvgIpc) is 2.68. The molecule has 3 rings (SSSR count). The molecule has 0 saturated carbocycles. The summed E-state index contributed by atoms with van der Waals surface area (Å²) in [7, 11) is 0. The van der Waals surface area contributed by atoms with E-state index in [4.69, 9.17) is 0 Å². The van der Waals surface area contributed by atoms with Crippen molar-refractivity contribution < 1.29 is 23.1 Å². The largest absolute Gasteiger partial charge is 0.386 e. The fraction of sp³-hybridized carbons (Fsp3) is 0.381. The van der Waals surface area contributed by atoms with E-state index < -0.39 is 34.6 Å². The fourth-order valence-corrected chi connectivity index (χ4v) is 3.89. The molecule has 0 atom stereocenters. The molecule has 162 valence electrons. The van der Waals surface area contributed by atoms with Crippen molar-refractivity contribution in [2.45, 2.75) is 25.4 Å². The van der Waals surface area contributed by atoms with E-state index >= 15 is 0 Å². The fourth-order valence-electron chi connectivity index (χ4n) is 3.43. The summed E-state index contributed by atoms with van der Waals surface area (Å²) in [4.78, 5) is 14.3. The lowest BCUT2D eigenvalue weighted by Crippen LogP contribution is -2.63. The molecule has 1 aliphatic heterocycles. The molecule has 30 heavy (non-hydrogen) atoms. The second-order valence-corrected chi connectivity index (χ2v) is 8.62. The second kappa shape index (κ2) is 9.52. The SMILES string of the molecule is CCNCCCC1(O)CN(C(=O)c2ccc(F)c(F)c2Nc2ccc(I)cc2F)C1. The monoisotopic (exact) mass is 533 g/mol. The Morgan fingerprint density at radius 2 is 1.93 bits per heavy atom. The van der Waals surface area contributed by atoms with Gasteiger partial charge < -0.3 is 20.6 Å². The molecule has 3 N–H and O–H groups in total. The molecule has 5 nitrogen and oxygen atoms in total. The van der Waals surface area contributed by atoms with Gasteiger partial charge in [-0.15, -0.1) is 0 Å². The molecule has 0 aliphatic carbocycles. The van der Waals surface area contributed by atoms with Crippen LogP contribution in [-0.4, -0.2) is 47.7 Å². The zero-order chi connectivity index (χ0) is 21.9. The van der Waals surface area contributed by atoms with Gasteiger partial charge in [0, 0.05) is 3.57 Å². The van der Waals surface area contributed by atoms with Crippen LogP contribution in [0.25, 0.3) is 0 Å². The van der Waals surface area contributed by atoms with E-state index in [1.54, 1.807) is 6.07 Å². The van der Waals surface area contributed by atoms with Crippen LogP contribution < -0.4 is 10.6 Å². The number of anilines is 2. The van der Waals surface area contributed by atoms with E-state index in [0.29, 0.717) is 9.99 Å². The maximum atomic E-state index is 14.5. The number of rotatable bonds is 8. The van der Waals surface area contributed by atoms with E-state index in [0.717, 1.165) is 31.6 Å². The van der Waals surface area contributed by atoms with Crippen LogP contribution in [0, 0.1) is 21.0 Å². The summed E-state index contributed by atoms with van der Waals surface area (Å²) in [5, 5.41) is 16.2. The Kier molecular flexibility index (Phi) is 7.25. The predicted octanol–water partition coefficient (Wildman–Crippen LogP) is 4.03. The number of amides is 1. The number of hydrogen-bond acceptors (Lipinski definition) is 4. The molecule has 0 radical (unpaired) electrons. The van der Waals surface area contributed by atoms with Gasteiger partial charge in [0.25, 0.3) is 5.91 Å². The van der Waals surface area contributed by atoms with E-state index in [1.807, 2.05) is 29.5 Å². The highest BCUT2D eigenvalue weighted by molar-refractivity contribution is 14.1. The third-order valence-corrected chi connectivity index (χ3v) is 5.69. The van der Waals surface area contributed by atoms with E-state index in [9.17, 15) is 23.1 Å². The minimum atomic E-state index is -1.26. The highest BCUT2D eigenvalue weighted by Crippen LogP contribution is 2.32. The minimum Gasteiger partial charge on any atom is -0.386 e. The summed E-state index contributed by atoms with van der Waals surface area (Å²) in [6, 6.07) is 6.26. The molecule has 1 aliphatic rings. The summed E-state index contributed by atoms with van der Waals surface area (Å²) in [5.41, 5.74) is -1.61. The van der Waals surface area contributed by atoms with Crippen LogP contribution in [0.1, 0.15) is 30.1 Å². The Morgan fingerprint density at radius 3 is 2.60 bits per heavy atom. The van der Waals surface area contributed by atoms with Crippen molar-refractivity contribution in [3.8, 4) is 0 Å². The molecule has 2 aromatic rings. The second-order valence-electron chi connectivity index (χ2n) is 7.38. The first kappa shape index (κ1) is 22.8. The third-order valence-electron chi connectivity index (χ3n) is 5.02. The zero-order valence-corrected chi connectivity index (χ0v) is 18.6. The number of aliphatic hydroxyl groups is 1. The van der Waals surface area contributed by atoms with Gasteiger partial charge in [0.2, 0.25) is 0 Å². The van der Waals surface area contributed by atoms with Crippen LogP contribution in [-0.2, 0) is 0 Å². The first-order valence-corrected chi connectivity index (χ1v) is 10.7. The van der Waals surface area contributed by atoms with Crippen molar-refractivity contribution in [1.82, 2.24) is 10.2 Å². The highest BCUT2D eigenvalue weighted by atomic mass is 127. The van der Waals surface area contributed by atoms with Gasteiger partial charge in [0.05, 0.1) is 35.6 Å². The number of hydrogen-bond donors (Lipinski definition) is 3. The molecule has 0 bridgehead atoms. The van der Waals surface area contributed by atoms with E-state index in [1.165, 1.54) is 17.0 Å². The summed E-state index contributed by atoms with van der Waals surface area (Å²) < 4.78 is 43.2. The lowest BCUT2D eigenvalue weighted by molar-refractivity contribution is -0.0865. The lowest BCUT2D eigenvalue weighted by Gasteiger charge is -2.46. The van der Waals surface area contributed by atoms with Crippen molar-refractivity contribution >= 4 is 39.9 Å². The molecular weight excluding hydrogens is 510 g/mol. The number of carbonyl (C=O) groups is 1. The summed E-state index contributed by atoms with van der Waals surface area (Å²) in [5.74, 6) is -3.62. The van der Waals surface area contributed by atoms with Gasteiger partial charge in [-0.3, -0.25) is 4.79 Å². The lowest BCUT2D eigenvalue weighted by atomic mass is 9.88. The Morgan fingerprint density at radius 1 is 1.20 bits per heavy atom. The quantitative estimate of drug-likeness (QED) is 0.355. The molecule has 1 fully saturated rings. The van der Waals surface area contributed by atoms with Gasteiger partial charge in [0.1, 0.15) is 5.82 Å². The third kappa shape index (κ3) is 5.06. The normalized spacial score (nSPS) is 15.1. The molecule has 1 saturated heterocycles. The molecular formula is C21H23F3IN3O2. The first-order chi connectivity index (χ1) is 14.2. The topological polar surface area (TPSA) is 64.6 Å². The van der Waals surface area contributed by atoms with Crippen LogP contribution in [0.3, 0.4) is 0 Å².